The van der Waals surface area contributed by atoms with Crippen LogP contribution in [0.1, 0.15) is 97.8 Å². The highest BCUT2D eigenvalue weighted by Crippen LogP contribution is 2.62. The minimum atomic E-state index is -4.72. The van der Waals surface area contributed by atoms with Gasteiger partial charge in [0.2, 0.25) is 0 Å². The number of carbonyl (C=O) groups excluding carboxylic acids is 2. The zero-order chi connectivity index (χ0) is 28.1. The molecule has 9 nitrogen and oxygen atoms in total. The first-order valence-corrected chi connectivity index (χ1v) is 16.1. The van der Waals surface area contributed by atoms with E-state index in [1.54, 1.807) is 0 Å². The Bertz CT molecular complexity index is 1250. The molecule has 4 unspecified atom stereocenters. The first-order chi connectivity index (χ1) is 18.7. The Labute approximate surface area is 234 Å². The topological polar surface area (TPSA) is 147 Å². The summed E-state index contributed by atoms with van der Waals surface area (Å²) < 4.78 is 45.2. The number of carbonyl (C=O) groups is 2. The summed E-state index contributed by atoms with van der Waals surface area (Å²) in [5, 5.41) is 22.0. The number of esters is 2. The smallest absolute Gasteiger partial charge is 0.338 e. The van der Waals surface area contributed by atoms with E-state index < -0.39 is 38.2 Å². The van der Waals surface area contributed by atoms with E-state index in [1.807, 2.05) is 0 Å². The van der Waals surface area contributed by atoms with E-state index in [4.69, 9.17) is 9.47 Å². The van der Waals surface area contributed by atoms with Crippen molar-refractivity contribution in [3.05, 3.63) is 29.3 Å². The van der Waals surface area contributed by atoms with Gasteiger partial charge in [0.1, 0.15) is 0 Å². The van der Waals surface area contributed by atoms with Gasteiger partial charge in [-0.25, -0.2) is 9.59 Å². The summed E-state index contributed by atoms with van der Waals surface area (Å²) in [6, 6.07) is 3.27. The summed E-state index contributed by atoms with van der Waals surface area (Å²) in [5.41, 5.74) is -2.31. The molecule has 8 aliphatic rings. The van der Waals surface area contributed by atoms with Crippen molar-refractivity contribution in [3.8, 4) is 0 Å². The second kappa shape index (κ2) is 8.75. The lowest BCUT2D eigenvalue weighted by Gasteiger charge is -2.59. The molecule has 8 saturated carbocycles. The number of hydrogen-bond acceptors (Lipinski definition) is 8. The van der Waals surface area contributed by atoms with Crippen molar-refractivity contribution in [1.82, 2.24) is 0 Å². The van der Waals surface area contributed by atoms with Crippen molar-refractivity contribution in [1.29, 1.82) is 0 Å². The van der Waals surface area contributed by atoms with Gasteiger partial charge < -0.3 is 19.7 Å². The fraction of sp³-hybridized carbons (Fsp3) is 0.733. The summed E-state index contributed by atoms with van der Waals surface area (Å²) in [7, 11) is -4.72. The van der Waals surface area contributed by atoms with Gasteiger partial charge in [0.05, 0.1) is 40.4 Å². The molecule has 0 radical (unpaired) electrons. The highest BCUT2D eigenvalue weighted by molar-refractivity contribution is 7.85. The Morgan fingerprint density at radius 3 is 1.40 bits per heavy atom. The van der Waals surface area contributed by atoms with Gasteiger partial charge in [-0.2, -0.15) is 8.42 Å². The monoisotopic (exact) mass is 574 g/mol. The molecule has 8 aliphatic carbocycles. The third-order valence-electron chi connectivity index (χ3n) is 11.0. The van der Waals surface area contributed by atoms with Crippen LogP contribution in [0, 0.1) is 34.5 Å². The van der Waals surface area contributed by atoms with Gasteiger partial charge in [-0.1, -0.05) is 0 Å². The normalized spacial score (nSPS) is 42.7. The maximum atomic E-state index is 13.2. The summed E-state index contributed by atoms with van der Waals surface area (Å²) in [6.45, 7) is 0.232. The van der Waals surface area contributed by atoms with Gasteiger partial charge in [0.25, 0.3) is 10.1 Å². The molecule has 9 rings (SSSR count). The van der Waals surface area contributed by atoms with Crippen molar-refractivity contribution in [3.63, 3.8) is 0 Å². The molecule has 4 atom stereocenters. The molecular formula is C30H38O9S. The Morgan fingerprint density at radius 1 is 0.700 bits per heavy atom. The molecule has 0 aromatic heterocycles. The van der Waals surface area contributed by atoms with Crippen LogP contribution in [0.3, 0.4) is 0 Å². The maximum absolute atomic E-state index is 13.2. The third kappa shape index (κ3) is 4.78. The average molecular weight is 575 g/mol. The van der Waals surface area contributed by atoms with Crippen molar-refractivity contribution in [2.45, 2.75) is 93.1 Å². The van der Waals surface area contributed by atoms with E-state index in [-0.39, 0.29) is 35.2 Å². The van der Waals surface area contributed by atoms with E-state index >= 15 is 0 Å². The molecule has 1 aromatic carbocycles. The molecule has 3 N–H and O–H groups in total. The standard InChI is InChI=1S/C30H38O9S/c31-25(38-16-27-6-18-1-19(7-27)11-29(33,10-18)14-27)22-3-23(5-24(4-22)40(35,36)37)26(32)39-17-28-8-20-2-21(9-28)13-30(34,12-20)15-28/h3-5,18-21,33-34H,1-2,6-17H2,(H,35,36,37). The van der Waals surface area contributed by atoms with Crippen molar-refractivity contribution >= 4 is 22.1 Å². The highest BCUT2D eigenvalue weighted by atomic mass is 32.2. The molecule has 0 aliphatic heterocycles. The molecule has 8 bridgehead atoms. The minimum Gasteiger partial charge on any atom is -0.462 e. The summed E-state index contributed by atoms with van der Waals surface area (Å²) in [4.78, 5) is 25.7. The van der Waals surface area contributed by atoms with Gasteiger partial charge in [0.15, 0.2) is 0 Å². The van der Waals surface area contributed by atoms with Crippen molar-refractivity contribution < 1.29 is 42.2 Å². The Hall–Kier alpha value is -2.01. The zero-order valence-corrected chi connectivity index (χ0v) is 23.5. The fourth-order valence-electron chi connectivity index (χ4n) is 10.7. The van der Waals surface area contributed by atoms with E-state index in [0.29, 0.717) is 36.5 Å². The molecule has 0 amide bonds. The predicted molar refractivity (Wildman–Crippen MR) is 141 cm³/mol. The molecule has 40 heavy (non-hydrogen) atoms. The lowest BCUT2D eigenvalue weighted by molar-refractivity contribution is -0.175. The summed E-state index contributed by atoms with van der Waals surface area (Å²) >= 11 is 0. The first-order valence-electron chi connectivity index (χ1n) is 14.6. The fourth-order valence-corrected chi connectivity index (χ4v) is 11.3. The lowest BCUT2D eigenvalue weighted by Crippen LogP contribution is -2.57. The zero-order valence-electron chi connectivity index (χ0n) is 22.6. The van der Waals surface area contributed by atoms with Crippen LogP contribution >= 0.6 is 0 Å². The van der Waals surface area contributed by atoms with Crippen LogP contribution in [0.5, 0.6) is 0 Å². The average Bonchev–Trinajstić information content (AvgIpc) is 2.82. The Kier molecular flexibility index (Phi) is 5.88. The molecule has 10 heteroatoms. The van der Waals surface area contributed by atoms with Crippen molar-refractivity contribution in [2.24, 2.45) is 34.5 Å². The van der Waals surface area contributed by atoms with Crippen LogP contribution in [0.2, 0.25) is 0 Å². The van der Waals surface area contributed by atoms with Crippen LogP contribution < -0.4 is 0 Å². The summed E-state index contributed by atoms with van der Waals surface area (Å²) in [5.74, 6) is 0.108. The molecule has 0 saturated heterocycles. The van der Waals surface area contributed by atoms with Gasteiger partial charge in [-0.3, -0.25) is 4.55 Å². The van der Waals surface area contributed by atoms with Crippen LogP contribution in [0.15, 0.2) is 23.1 Å². The molecular weight excluding hydrogens is 536 g/mol. The number of hydrogen-bond donors (Lipinski definition) is 3. The largest absolute Gasteiger partial charge is 0.462 e. The number of benzene rings is 1. The lowest BCUT2D eigenvalue weighted by atomic mass is 9.48. The molecule has 0 spiro atoms. The minimum absolute atomic E-state index is 0.116. The van der Waals surface area contributed by atoms with Gasteiger partial charge in [-0.05, 0) is 119 Å². The van der Waals surface area contributed by atoms with Crippen LogP contribution in [0.4, 0.5) is 0 Å². The van der Waals surface area contributed by atoms with Gasteiger partial charge in [-0.15, -0.1) is 0 Å². The highest BCUT2D eigenvalue weighted by Gasteiger charge is 2.58. The number of rotatable bonds is 7. The second-order valence-electron chi connectivity index (χ2n) is 14.7. The quantitative estimate of drug-likeness (QED) is 0.326. The molecule has 218 valence electrons. The van der Waals surface area contributed by atoms with E-state index in [1.165, 1.54) is 6.07 Å². The van der Waals surface area contributed by atoms with Gasteiger partial charge >= 0.3 is 11.9 Å². The molecule has 1 aromatic rings. The second-order valence-corrected chi connectivity index (χ2v) is 16.2. The van der Waals surface area contributed by atoms with Crippen LogP contribution in [-0.2, 0) is 19.6 Å². The first kappa shape index (κ1) is 26.9. The van der Waals surface area contributed by atoms with E-state index in [2.05, 4.69) is 0 Å². The Balaban J connectivity index is 1.07. The maximum Gasteiger partial charge on any atom is 0.338 e. The molecule has 0 heterocycles. The van der Waals surface area contributed by atoms with E-state index in [9.17, 15) is 32.8 Å². The SMILES string of the molecule is O=C(OCC12CC3CC(CC(O)(C3)C1)C2)c1cc(C(=O)OCC23CC4CC(CC(O)(C4)C2)C3)cc(S(=O)(=O)O)c1. The number of aliphatic hydroxyl groups is 2. The summed E-state index contributed by atoms with van der Waals surface area (Å²) in [6.07, 6.45) is 10.1. The van der Waals surface area contributed by atoms with Crippen LogP contribution in [-0.4, -0.2) is 59.5 Å². The van der Waals surface area contributed by atoms with Crippen LogP contribution in [0.25, 0.3) is 0 Å². The third-order valence-corrected chi connectivity index (χ3v) is 11.8. The van der Waals surface area contributed by atoms with Crippen molar-refractivity contribution in [2.75, 3.05) is 13.2 Å². The Morgan fingerprint density at radius 2 is 1.07 bits per heavy atom. The van der Waals surface area contributed by atoms with Gasteiger partial charge in [0, 0.05) is 10.8 Å². The number of ether oxygens (including phenoxy) is 2. The predicted octanol–water partition coefficient (Wildman–Crippen LogP) is 3.91. The molecule has 8 fully saturated rings. The van der Waals surface area contributed by atoms with E-state index in [0.717, 1.165) is 76.3 Å².